The Morgan fingerprint density at radius 3 is 2.62 bits per heavy atom. The summed E-state index contributed by atoms with van der Waals surface area (Å²) in [5.41, 5.74) is 1.20. The van der Waals surface area contributed by atoms with Crippen molar-refractivity contribution in [2.75, 3.05) is 7.11 Å². The van der Waals surface area contributed by atoms with Crippen molar-refractivity contribution in [1.82, 2.24) is 4.98 Å². The minimum absolute atomic E-state index is 0.495. The number of halogens is 1. The molecule has 0 aliphatic carbocycles. The second kappa shape index (κ2) is 5.08. The van der Waals surface area contributed by atoms with Gasteiger partial charge in [0.05, 0.1) is 12.3 Å². The molecule has 13 heavy (non-hydrogen) atoms. The van der Waals surface area contributed by atoms with Gasteiger partial charge >= 0.3 is 0 Å². The first-order valence-corrected chi connectivity index (χ1v) is 6.16. The Balaban J connectivity index is 2.90. The first-order chi connectivity index (χ1) is 6.19. The van der Waals surface area contributed by atoms with Crippen LogP contribution in [0.25, 0.3) is 0 Å². The maximum atomic E-state index is 5.05. The van der Waals surface area contributed by atoms with Crippen LogP contribution in [0, 0.1) is 0 Å². The van der Waals surface area contributed by atoms with Gasteiger partial charge in [0.25, 0.3) is 0 Å². The zero-order chi connectivity index (χ0) is 9.84. The van der Waals surface area contributed by atoms with Gasteiger partial charge < -0.3 is 4.74 Å². The topological polar surface area (TPSA) is 22.1 Å². The lowest BCUT2D eigenvalue weighted by molar-refractivity contribution is 0.184. The van der Waals surface area contributed by atoms with Crippen molar-refractivity contribution >= 4 is 27.3 Å². The summed E-state index contributed by atoms with van der Waals surface area (Å²) < 4.78 is 5.05. The van der Waals surface area contributed by atoms with Gasteiger partial charge in [-0.1, -0.05) is 29.8 Å². The fourth-order valence-corrected chi connectivity index (χ4v) is 2.82. The van der Waals surface area contributed by atoms with Crippen LogP contribution < -0.4 is 0 Å². The Morgan fingerprint density at radius 1 is 1.54 bits per heavy atom. The number of ether oxygens (including phenoxy) is 1. The molecule has 2 nitrogen and oxygen atoms in total. The fraction of sp³-hybridized carbons (Fsp3) is 0.667. The molecule has 0 spiro atoms. The van der Waals surface area contributed by atoms with Gasteiger partial charge in [-0.05, 0) is 5.92 Å². The molecule has 1 rings (SSSR count). The highest BCUT2D eigenvalue weighted by atomic mass is 79.9. The molecule has 0 amide bonds. The number of nitrogens with zero attached hydrogens (tertiary/aromatic N) is 1. The normalized spacial score (nSPS) is 11.2. The zero-order valence-corrected chi connectivity index (χ0v) is 10.5. The molecule has 0 bridgehead atoms. The van der Waals surface area contributed by atoms with Gasteiger partial charge in [0.1, 0.15) is 5.01 Å². The summed E-state index contributed by atoms with van der Waals surface area (Å²) in [6.07, 6.45) is 0. The molecule has 0 unspecified atom stereocenters. The highest BCUT2D eigenvalue weighted by Gasteiger charge is 2.12. The van der Waals surface area contributed by atoms with E-state index in [1.54, 1.807) is 18.4 Å². The Bertz CT molecular complexity index is 273. The highest BCUT2D eigenvalue weighted by molar-refractivity contribution is 9.08. The molecule has 0 N–H and O–H groups in total. The van der Waals surface area contributed by atoms with Gasteiger partial charge in [-0.3, -0.25) is 0 Å². The molecule has 0 saturated heterocycles. The Labute approximate surface area is 91.5 Å². The molecule has 74 valence electrons. The molecule has 1 heterocycles. The molecule has 0 atom stereocenters. The van der Waals surface area contributed by atoms with Gasteiger partial charge in [0.15, 0.2) is 0 Å². The summed E-state index contributed by atoms with van der Waals surface area (Å²) in [7, 11) is 1.70. The van der Waals surface area contributed by atoms with Gasteiger partial charge in [0.2, 0.25) is 0 Å². The largest absolute Gasteiger partial charge is 0.378 e. The lowest BCUT2D eigenvalue weighted by atomic mass is 10.1. The van der Waals surface area contributed by atoms with Crippen LogP contribution in [0.4, 0.5) is 0 Å². The van der Waals surface area contributed by atoms with Crippen LogP contribution in [-0.4, -0.2) is 12.1 Å². The van der Waals surface area contributed by atoms with Crippen molar-refractivity contribution in [3.05, 3.63) is 15.6 Å². The average Bonchev–Trinajstić information content (AvgIpc) is 2.48. The van der Waals surface area contributed by atoms with E-state index in [2.05, 4.69) is 34.8 Å². The lowest BCUT2D eigenvalue weighted by Crippen LogP contribution is -1.92. The van der Waals surface area contributed by atoms with Crippen LogP contribution in [0.2, 0.25) is 0 Å². The minimum Gasteiger partial charge on any atom is -0.378 e. The zero-order valence-electron chi connectivity index (χ0n) is 8.13. The molecule has 0 fully saturated rings. The van der Waals surface area contributed by atoms with Crippen LogP contribution in [0.1, 0.15) is 35.3 Å². The lowest BCUT2D eigenvalue weighted by Gasteiger charge is -2.01. The number of hydrogen-bond donors (Lipinski definition) is 0. The number of aromatic nitrogens is 1. The second-order valence-corrected chi connectivity index (χ2v) is 4.87. The van der Waals surface area contributed by atoms with E-state index in [0.717, 1.165) is 10.3 Å². The molecule has 1 aromatic heterocycles. The van der Waals surface area contributed by atoms with E-state index in [4.69, 9.17) is 4.74 Å². The number of thiazole rings is 1. The number of methoxy groups -OCH3 is 1. The second-order valence-electron chi connectivity index (χ2n) is 3.14. The predicted molar refractivity (Wildman–Crippen MR) is 59.5 cm³/mol. The van der Waals surface area contributed by atoms with Crippen molar-refractivity contribution in [2.45, 2.75) is 31.7 Å². The van der Waals surface area contributed by atoms with Gasteiger partial charge in [0, 0.05) is 17.3 Å². The molecule has 0 aliphatic heterocycles. The van der Waals surface area contributed by atoms with Crippen molar-refractivity contribution in [2.24, 2.45) is 0 Å². The van der Waals surface area contributed by atoms with E-state index in [1.807, 2.05) is 0 Å². The predicted octanol–water partition coefficient (Wildman–Crippen LogP) is 3.31. The molecule has 0 aliphatic rings. The van der Waals surface area contributed by atoms with E-state index in [-0.39, 0.29) is 0 Å². The maximum absolute atomic E-state index is 5.05. The standard InChI is InChI=1S/C9H14BrNOS/c1-6(2)9-7(4-10)13-8(11-9)5-12-3/h6H,4-5H2,1-3H3. The molecule has 4 heteroatoms. The number of alkyl halides is 1. The van der Waals surface area contributed by atoms with E-state index in [9.17, 15) is 0 Å². The summed E-state index contributed by atoms with van der Waals surface area (Å²) in [5.74, 6) is 0.495. The van der Waals surface area contributed by atoms with Gasteiger partial charge in [-0.25, -0.2) is 4.98 Å². The van der Waals surface area contributed by atoms with E-state index >= 15 is 0 Å². The van der Waals surface area contributed by atoms with Crippen LogP contribution in [0.5, 0.6) is 0 Å². The number of rotatable bonds is 4. The number of hydrogen-bond acceptors (Lipinski definition) is 3. The van der Waals surface area contributed by atoms with Crippen molar-refractivity contribution < 1.29 is 4.74 Å². The molecule has 1 aromatic rings. The quantitative estimate of drug-likeness (QED) is 0.778. The molecular formula is C9H14BrNOS. The Kier molecular flexibility index (Phi) is 4.35. The minimum atomic E-state index is 0.495. The SMILES string of the molecule is COCc1nc(C(C)C)c(CBr)s1. The maximum Gasteiger partial charge on any atom is 0.119 e. The first-order valence-electron chi connectivity index (χ1n) is 4.22. The third-order valence-electron chi connectivity index (χ3n) is 1.71. The van der Waals surface area contributed by atoms with E-state index in [1.165, 1.54) is 10.6 Å². The fourth-order valence-electron chi connectivity index (χ4n) is 1.15. The molecule has 0 radical (unpaired) electrons. The van der Waals surface area contributed by atoms with Crippen molar-refractivity contribution in [3.63, 3.8) is 0 Å². The van der Waals surface area contributed by atoms with Crippen LogP contribution in [-0.2, 0) is 16.7 Å². The monoisotopic (exact) mass is 263 g/mol. The highest BCUT2D eigenvalue weighted by Crippen LogP contribution is 2.27. The molecule has 0 saturated carbocycles. The Morgan fingerprint density at radius 2 is 2.23 bits per heavy atom. The van der Waals surface area contributed by atoms with Crippen LogP contribution in [0.3, 0.4) is 0 Å². The third kappa shape index (κ3) is 2.76. The smallest absolute Gasteiger partial charge is 0.119 e. The summed E-state index contributed by atoms with van der Waals surface area (Å²) in [6.45, 7) is 4.95. The Hall–Kier alpha value is 0.0700. The summed E-state index contributed by atoms with van der Waals surface area (Å²) in [6, 6.07) is 0. The van der Waals surface area contributed by atoms with E-state index in [0.29, 0.717) is 12.5 Å². The van der Waals surface area contributed by atoms with Gasteiger partial charge in [-0.15, -0.1) is 11.3 Å². The van der Waals surface area contributed by atoms with Crippen molar-refractivity contribution in [1.29, 1.82) is 0 Å². The summed E-state index contributed by atoms with van der Waals surface area (Å²) >= 11 is 5.20. The van der Waals surface area contributed by atoms with Gasteiger partial charge in [-0.2, -0.15) is 0 Å². The van der Waals surface area contributed by atoms with Crippen molar-refractivity contribution in [3.8, 4) is 0 Å². The third-order valence-corrected chi connectivity index (χ3v) is 3.68. The summed E-state index contributed by atoms with van der Waals surface area (Å²) in [4.78, 5) is 5.86. The molecule has 0 aromatic carbocycles. The molecular weight excluding hydrogens is 250 g/mol. The first kappa shape index (κ1) is 11.1. The van der Waals surface area contributed by atoms with E-state index < -0.39 is 0 Å². The summed E-state index contributed by atoms with van der Waals surface area (Å²) in [5, 5.41) is 1.96. The average molecular weight is 264 g/mol. The van der Waals surface area contributed by atoms with Crippen LogP contribution in [0.15, 0.2) is 0 Å². The van der Waals surface area contributed by atoms with Crippen LogP contribution >= 0.6 is 27.3 Å².